The molecule has 1 heterocycles. The second-order valence-corrected chi connectivity index (χ2v) is 6.55. The summed E-state index contributed by atoms with van der Waals surface area (Å²) in [6.07, 6.45) is 4.99. The number of nitrogens with one attached hydrogen (secondary N) is 2. The second-order valence-electron chi connectivity index (χ2n) is 5.57. The molecule has 0 saturated heterocycles. The normalized spacial score (nSPS) is 18.7. The quantitative estimate of drug-likeness (QED) is 0.781. The lowest BCUT2D eigenvalue weighted by Crippen LogP contribution is -2.50. The Morgan fingerprint density at radius 2 is 2.00 bits per heavy atom. The topological polar surface area (TPSA) is 78.4 Å². The molecule has 0 aromatic carbocycles. The van der Waals surface area contributed by atoms with E-state index >= 15 is 0 Å². The van der Waals surface area contributed by atoms with Gasteiger partial charge in [-0.15, -0.1) is 11.3 Å². The summed E-state index contributed by atoms with van der Waals surface area (Å²) in [4.78, 5) is 24.5. The van der Waals surface area contributed by atoms with E-state index in [-0.39, 0.29) is 12.0 Å². The number of carbonyl (C=O) groups is 2. The smallest absolute Gasteiger partial charge is 0.326 e. The molecule has 5 nitrogen and oxygen atoms in total. The summed E-state index contributed by atoms with van der Waals surface area (Å²) in [5.41, 5.74) is 0. The van der Waals surface area contributed by atoms with Gasteiger partial charge in [0.25, 0.3) is 0 Å². The first kappa shape index (κ1) is 15.8. The van der Waals surface area contributed by atoms with Gasteiger partial charge in [-0.1, -0.05) is 25.3 Å². The van der Waals surface area contributed by atoms with Crippen molar-refractivity contribution in [2.24, 2.45) is 5.92 Å². The average Bonchev–Trinajstić information content (AvgIpc) is 2.99. The Morgan fingerprint density at radius 3 is 2.57 bits per heavy atom. The molecule has 0 bridgehead atoms. The first-order valence-corrected chi connectivity index (χ1v) is 8.29. The van der Waals surface area contributed by atoms with Crippen LogP contribution in [0, 0.1) is 5.92 Å². The third kappa shape index (κ3) is 4.46. The molecule has 1 aromatic rings. The number of aliphatic carboxylic acids is 1. The van der Waals surface area contributed by atoms with E-state index in [1.165, 1.54) is 0 Å². The van der Waals surface area contributed by atoms with Crippen LogP contribution in [0.5, 0.6) is 0 Å². The van der Waals surface area contributed by atoms with Crippen molar-refractivity contribution in [1.82, 2.24) is 10.6 Å². The number of amides is 2. The zero-order chi connectivity index (χ0) is 15.2. The SMILES string of the molecule is CC(NC(=O)NC(C(=O)O)C1CCCCC1)c1cccs1. The molecule has 2 rings (SSSR count). The highest BCUT2D eigenvalue weighted by atomic mass is 32.1. The minimum atomic E-state index is -0.944. The minimum absolute atomic E-state index is 0.0408. The van der Waals surface area contributed by atoms with Gasteiger partial charge in [0.15, 0.2) is 0 Å². The number of carbonyl (C=O) groups excluding carboxylic acids is 1. The molecule has 1 aliphatic rings. The lowest BCUT2D eigenvalue weighted by atomic mass is 9.84. The van der Waals surface area contributed by atoms with Gasteiger partial charge in [-0.25, -0.2) is 9.59 Å². The van der Waals surface area contributed by atoms with Crippen molar-refractivity contribution in [2.45, 2.75) is 51.1 Å². The Labute approximate surface area is 128 Å². The molecule has 2 unspecified atom stereocenters. The molecule has 3 N–H and O–H groups in total. The maximum absolute atomic E-state index is 12.0. The summed E-state index contributed by atoms with van der Waals surface area (Å²) in [6.45, 7) is 1.89. The van der Waals surface area contributed by atoms with Gasteiger partial charge in [-0.05, 0) is 37.1 Å². The summed E-state index contributed by atoms with van der Waals surface area (Å²) < 4.78 is 0. The van der Waals surface area contributed by atoms with Crippen molar-refractivity contribution in [3.05, 3.63) is 22.4 Å². The fourth-order valence-electron chi connectivity index (χ4n) is 2.84. The van der Waals surface area contributed by atoms with E-state index in [0.29, 0.717) is 0 Å². The van der Waals surface area contributed by atoms with Gasteiger partial charge >= 0.3 is 12.0 Å². The number of hydrogen-bond donors (Lipinski definition) is 3. The molecule has 1 aliphatic carbocycles. The first-order valence-electron chi connectivity index (χ1n) is 7.41. The van der Waals surface area contributed by atoms with E-state index < -0.39 is 18.0 Å². The maximum atomic E-state index is 12.0. The molecule has 1 aromatic heterocycles. The van der Waals surface area contributed by atoms with Gasteiger partial charge in [-0.2, -0.15) is 0 Å². The number of urea groups is 1. The van der Waals surface area contributed by atoms with Crippen LogP contribution < -0.4 is 10.6 Å². The Morgan fingerprint density at radius 1 is 1.29 bits per heavy atom. The van der Waals surface area contributed by atoms with Crippen molar-refractivity contribution in [3.8, 4) is 0 Å². The van der Waals surface area contributed by atoms with E-state index in [2.05, 4.69) is 10.6 Å². The summed E-state index contributed by atoms with van der Waals surface area (Å²) in [6, 6.07) is 2.56. The van der Waals surface area contributed by atoms with E-state index in [1.54, 1.807) is 11.3 Å². The predicted molar refractivity (Wildman–Crippen MR) is 82.4 cm³/mol. The Bertz CT molecular complexity index is 469. The molecule has 6 heteroatoms. The molecule has 21 heavy (non-hydrogen) atoms. The molecule has 0 radical (unpaired) electrons. The highest BCUT2D eigenvalue weighted by Crippen LogP contribution is 2.26. The Hall–Kier alpha value is -1.56. The summed E-state index contributed by atoms with van der Waals surface area (Å²) in [7, 11) is 0. The molecule has 1 fully saturated rings. The van der Waals surface area contributed by atoms with E-state index in [9.17, 15) is 14.7 Å². The van der Waals surface area contributed by atoms with Crippen LogP contribution in [0.15, 0.2) is 17.5 Å². The molecule has 116 valence electrons. The van der Waals surface area contributed by atoms with E-state index in [1.807, 2.05) is 24.4 Å². The van der Waals surface area contributed by atoms with Gasteiger partial charge < -0.3 is 15.7 Å². The van der Waals surface area contributed by atoms with Crippen molar-refractivity contribution in [3.63, 3.8) is 0 Å². The van der Waals surface area contributed by atoms with Crippen molar-refractivity contribution in [2.75, 3.05) is 0 Å². The molecule has 2 atom stereocenters. The third-order valence-corrected chi connectivity index (χ3v) is 5.05. The molecule has 2 amide bonds. The van der Waals surface area contributed by atoms with Gasteiger partial charge in [0.2, 0.25) is 0 Å². The average molecular weight is 310 g/mol. The zero-order valence-corrected chi connectivity index (χ0v) is 13.0. The number of carboxylic acid groups (broad SMARTS) is 1. The van der Waals surface area contributed by atoms with Crippen LogP contribution >= 0.6 is 11.3 Å². The van der Waals surface area contributed by atoms with Gasteiger partial charge in [-0.3, -0.25) is 0 Å². The van der Waals surface area contributed by atoms with Crippen LogP contribution in [-0.2, 0) is 4.79 Å². The number of hydrogen-bond acceptors (Lipinski definition) is 3. The lowest BCUT2D eigenvalue weighted by Gasteiger charge is -2.28. The molecule has 0 aliphatic heterocycles. The summed E-state index contributed by atoms with van der Waals surface area (Å²) >= 11 is 1.57. The number of rotatable bonds is 5. The van der Waals surface area contributed by atoms with Crippen LogP contribution in [0.2, 0.25) is 0 Å². The fraction of sp³-hybridized carbons (Fsp3) is 0.600. The molecular weight excluding hydrogens is 288 g/mol. The summed E-state index contributed by atoms with van der Waals surface area (Å²) in [5, 5.41) is 16.7. The van der Waals surface area contributed by atoms with Gasteiger partial charge in [0.05, 0.1) is 6.04 Å². The van der Waals surface area contributed by atoms with Crippen molar-refractivity contribution in [1.29, 1.82) is 0 Å². The standard InChI is InChI=1S/C15H22N2O3S/c1-10(12-8-5-9-21-12)16-15(20)17-13(14(18)19)11-6-3-2-4-7-11/h5,8-11,13H,2-4,6-7H2,1H3,(H,18,19)(H2,16,17,20). The van der Waals surface area contributed by atoms with Crippen LogP contribution in [0.25, 0.3) is 0 Å². The predicted octanol–water partition coefficient (Wildman–Crippen LogP) is 3.14. The van der Waals surface area contributed by atoms with Crippen LogP contribution in [-0.4, -0.2) is 23.1 Å². The van der Waals surface area contributed by atoms with Crippen LogP contribution in [0.3, 0.4) is 0 Å². The van der Waals surface area contributed by atoms with Gasteiger partial charge in [0.1, 0.15) is 6.04 Å². The number of carboxylic acids is 1. The largest absolute Gasteiger partial charge is 0.480 e. The Kier molecular flexibility index (Phi) is 5.61. The second kappa shape index (κ2) is 7.45. The minimum Gasteiger partial charge on any atom is -0.480 e. The lowest BCUT2D eigenvalue weighted by molar-refractivity contribution is -0.141. The van der Waals surface area contributed by atoms with Crippen LogP contribution in [0.1, 0.15) is 49.9 Å². The van der Waals surface area contributed by atoms with E-state index in [4.69, 9.17) is 0 Å². The Balaban J connectivity index is 1.90. The maximum Gasteiger partial charge on any atom is 0.326 e. The fourth-order valence-corrected chi connectivity index (χ4v) is 3.57. The third-order valence-electron chi connectivity index (χ3n) is 3.99. The molecule has 0 spiro atoms. The van der Waals surface area contributed by atoms with Gasteiger partial charge in [0, 0.05) is 4.88 Å². The monoisotopic (exact) mass is 310 g/mol. The molecule has 1 saturated carbocycles. The number of thiophene rings is 1. The van der Waals surface area contributed by atoms with Crippen molar-refractivity contribution >= 4 is 23.3 Å². The van der Waals surface area contributed by atoms with Crippen LogP contribution in [0.4, 0.5) is 4.79 Å². The highest BCUT2D eigenvalue weighted by Gasteiger charge is 2.30. The van der Waals surface area contributed by atoms with E-state index in [0.717, 1.165) is 37.0 Å². The summed E-state index contributed by atoms with van der Waals surface area (Å²) in [5.74, 6) is -0.903. The highest BCUT2D eigenvalue weighted by molar-refractivity contribution is 7.10. The first-order chi connectivity index (χ1) is 10.1. The zero-order valence-electron chi connectivity index (χ0n) is 12.2. The molecular formula is C15H22N2O3S. The van der Waals surface area contributed by atoms with Crippen molar-refractivity contribution < 1.29 is 14.7 Å².